The van der Waals surface area contributed by atoms with Crippen LogP contribution in [0.5, 0.6) is 5.75 Å². The third-order valence-electron chi connectivity index (χ3n) is 3.17. The second kappa shape index (κ2) is 4.63. The van der Waals surface area contributed by atoms with E-state index in [2.05, 4.69) is 0 Å². The van der Waals surface area contributed by atoms with Gasteiger partial charge in [-0.15, -0.1) is 0 Å². The smallest absolute Gasteiger partial charge is 0.317 e. The van der Waals surface area contributed by atoms with Gasteiger partial charge in [0.05, 0.1) is 6.61 Å². The van der Waals surface area contributed by atoms with E-state index in [1.165, 1.54) is 0 Å². The van der Waals surface area contributed by atoms with Crippen LogP contribution < -0.4 is 4.74 Å². The van der Waals surface area contributed by atoms with Crippen LogP contribution in [0, 0.1) is 0 Å². The molecule has 0 spiro atoms. The summed E-state index contributed by atoms with van der Waals surface area (Å²) >= 11 is 11.9. The lowest BCUT2D eigenvalue weighted by Gasteiger charge is -2.14. The van der Waals surface area contributed by atoms with Crippen molar-refractivity contribution in [2.24, 2.45) is 0 Å². The Balaban J connectivity index is 2.22. The number of carboxylic acid groups (broad SMARTS) is 1. The zero-order chi connectivity index (χ0) is 13.4. The normalized spacial score (nSPS) is 24.6. The average Bonchev–Trinajstić information content (AvgIpc) is 2.92. The van der Waals surface area contributed by atoms with Gasteiger partial charge in [-0.2, -0.15) is 0 Å². The molecule has 3 nitrogen and oxygen atoms in total. The van der Waals surface area contributed by atoms with Crippen molar-refractivity contribution in [1.29, 1.82) is 0 Å². The number of alkyl halides is 2. The van der Waals surface area contributed by atoms with E-state index < -0.39 is 15.7 Å². The summed E-state index contributed by atoms with van der Waals surface area (Å²) in [4.78, 5) is 11.4. The molecule has 1 fully saturated rings. The Bertz CT molecular complexity index is 456. The molecule has 1 aromatic carbocycles. The molecule has 5 heteroatoms. The molecule has 0 saturated heterocycles. The van der Waals surface area contributed by atoms with Gasteiger partial charge in [-0.1, -0.05) is 42.3 Å². The third kappa shape index (κ3) is 2.06. The Morgan fingerprint density at radius 2 is 1.94 bits per heavy atom. The maximum absolute atomic E-state index is 11.4. The molecule has 98 valence electrons. The summed E-state index contributed by atoms with van der Waals surface area (Å²) in [6.45, 7) is 2.66. The first-order valence-electron chi connectivity index (χ1n) is 5.78. The predicted molar refractivity (Wildman–Crippen MR) is 70.6 cm³/mol. The predicted octanol–water partition coefficient (Wildman–Crippen LogP) is 3.38. The van der Waals surface area contributed by atoms with Crippen molar-refractivity contribution in [3.8, 4) is 5.75 Å². The number of halogens is 2. The fourth-order valence-electron chi connectivity index (χ4n) is 2.01. The molecule has 1 unspecified atom stereocenters. The van der Waals surface area contributed by atoms with Crippen LogP contribution in [0.25, 0.3) is 0 Å². The number of hydrogen-bond acceptors (Lipinski definition) is 2. The lowest BCUT2D eigenvalue weighted by atomic mass is 9.96. The number of benzene rings is 1. The van der Waals surface area contributed by atoms with Gasteiger partial charge in [-0.05, 0) is 24.1 Å². The summed E-state index contributed by atoms with van der Waals surface area (Å²) in [5.74, 6) is -0.272. The number of hydrogen-bond donors (Lipinski definition) is 1. The van der Waals surface area contributed by atoms with Crippen molar-refractivity contribution in [1.82, 2.24) is 0 Å². The lowest BCUT2D eigenvalue weighted by molar-refractivity contribution is -0.140. The molecule has 1 aromatic rings. The van der Waals surface area contributed by atoms with Gasteiger partial charge in [0.1, 0.15) is 15.5 Å². The van der Waals surface area contributed by atoms with E-state index in [-0.39, 0.29) is 6.42 Å². The summed E-state index contributed by atoms with van der Waals surface area (Å²) in [6, 6.07) is 6.92. The fraction of sp³-hybridized carbons (Fsp3) is 0.462. The van der Waals surface area contributed by atoms with Crippen LogP contribution in [-0.2, 0) is 10.2 Å². The largest absolute Gasteiger partial charge is 0.494 e. The highest BCUT2D eigenvalue weighted by Gasteiger charge is 2.72. The summed E-state index contributed by atoms with van der Waals surface area (Å²) < 4.78 is 4.22. The summed E-state index contributed by atoms with van der Waals surface area (Å²) in [6.07, 6.45) is 1.15. The van der Waals surface area contributed by atoms with Gasteiger partial charge < -0.3 is 9.84 Å². The van der Waals surface area contributed by atoms with Crippen molar-refractivity contribution in [3.63, 3.8) is 0 Å². The van der Waals surface area contributed by atoms with Gasteiger partial charge in [-0.3, -0.25) is 4.79 Å². The topological polar surface area (TPSA) is 46.5 Å². The molecule has 0 radical (unpaired) electrons. The van der Waals surface area contributed by atoms with Crippen molar-refractivity contribution >= 4 is 29.2 Å². The van der Waals surface area contributed by atoms with Gasteiger partial charge in [0.15, 0.2) is 0 Å². The Hall–Kier alpha value is -0.930. The first kappa shape index (κ1) is 13.5. The molecule has 1 N–H and O–H groups in total. The number of rotatable bonds is 5. The van der Waals surface area contributed by atoms with E-state index in [1.807, 2.05) is 6.92 Å². The van der Waals surface area contributed by atoms with Crippen LogP contribution in [0.1, 0.15) is 25.3 Å². The molecule has 0 amide bonds. The zero-order valence-corrected chi connectivity index (χ0v) is 11.5. The molecule has 1 aliphatic rings. The minimum absolute atomic E-state index is 0.230. The van der Waals surface area contributed by atoms with Gasteiger partial charge in [0.2, 0.25) is 0 Å². The SMILES string of the molecule is CCCOc1ccc(C2(C(=O)O)CC2(Cl)Cl)cc1. The quantitative estimate of drug-likeness (QED) is 0.845. The van der Waals surface area contributed by atoms with Crippen LogP contribution in [0.15, 0.2) is 24.3 Å². The maximum Gasteiger partial charge on any atom is 0.317 e. The van der Waals surface area contributed by atoms with E-state index >= 15 is 0 Å². The van der Waals surface area contributed by atoms with E-state index in [1.54, 1.807) is 24.3 Å². The van der Waals surface area contributed by atoms with Crippen LogP contribution in [0.3, 0.4) is 0 Å². The molecule has 2 rings (SSSR count). The van der Waals surface area contributed by atoms with Gasteiger partial charge >= 0.3 is 5.97 Å². The van der Waals surface area contributed by atoms with Crippen molar-refractivity contribution in [3.05, 3.63) is 29.8 Å². The standard InChI is InChI=1S/C13H14Cl2O3/c1-2-7-18-10-5-3-9(4-6-10)12(11(16)17)8-13(12,14)15/h3-6H,2,7-8H2,1H3,(H,16,17). The maximum atomic E-state index is 11.4. The first-order chi connectivity index (χ1) is 8.44. The second-order valence-electron chi connectivity index (χ2n) is 4.46. The highest BCUT2D eigenvalue weighted by molar-refractivity contribution is 6.54. The van der Waals surface area contributed by atoms with E-state index in [4.69, 9.17) is 27.9 Å². The molecule has 18 heavy (non-hydrogen) atoms. The summed E-state index contributed by atoms with van der Waals surface area (Å²) in [5.41, 5.74) is -0.566. The number of carboxylic acids is 1. The zero-order valence-electron chi connectivity index (χ0n) is 9.95. The fourth-order valence-corrected chi connectivity index (χ4v) is 2.79. The molecule has 1 atom stereocenters. The van der Waals surface area contributed by atoms with Gasteiger partial charge in [-0.25, -0.2) is 0 Å². The van der Waals surface area contributed by atoms with Gasteiger partial charge in [0.25, 0.3) is 0 Å². The van der Waals surface area contributed by atoms with Crippen LogP contribution >= 0.6 is 23.2 Å². The molecule has 1 saturated carbocycles. The lowest BCUT2D eigenvalue weighted by Crippen LogP contribution is -2.26. The van der Waals surface area contributed by atoms with E-state index in [0.717, 1.165) is 12.2 Å². The molecular formula is C13H14Cl2O3. The van der Waals surface area contributed by atoms with E-state index in [0.29, 0.717) is 12.2 Å². The van der Waals surface area contributed by atoms with Crippen LogP contribution in [0.2, 0.25) is 0 Å². The summed E-state index contributed by atoms with van der Waals surface area (Å²) in [5, 5.41) is 9.30. The minimum atomic E-state index is -1.22. The Morgan fingerprint density at radius 3 is 2.33 bits per heavy atom. The monoisotopic (exact) mass is 288 g/mol. The Kier molecular flexibility index (Phi) is 3.47. The highest BCUT2D eigenvalue weighted by atomic mass is 35.5. The minimum Gasteiger partial charge on any atom is -0.494 e. The second-order valence-corrected chi connectivity index (χ2v) is 5.95. The molecule has 0 bridgehead atoms. The van der Waals surface area contributed by atoms with Crippen molar-refractivity contribution < 1.29 is 14.6 Å². The van der Waals surface area contributed by atoms with E-state index in [9.17, 15) is 9.90 Å². The Labute approximate surface area is 116 Å². The molecule has 0 aliphatic heterocycles. The third-order valence-corrected chi connectivity index (χ3v) is 4.08. The molecule has 0 aromatic heterocycles. The number of ether oxygens (including phenoxy) is 1. The average molecular weight is 289 g/mol. The van der Waals surface area contributed by atoms with Crippen LogP contribution in [0.4, 0.5) is 0 Å². The number of aliphatic carboxylic acids is 1. The first-order valence-corrected chi connectivity index (χ1v) is 6.54. The summed E-state index contributed by atoms with van der Waals surface area (Å²) in [7, 11) is 0. The highest BCUT2D eigenvalue weighted by Crippen LogP contribution is 2.65. The molecular weight excluding hydrogens is 275 g/mol. The van der Waals surface area contributed by atoms with Crippen molar-refractivity contribution in [2.45, 2.75) is 29.5 Å². The van der Waals surface area contributed by atoms with Crippen LogP contribution in [-0.4, -0.2) is 22.0 Å². The van der Waals surface area contributed by atoms with Gasteiger partial charge in [0, 0.05) is 6.42 Å². The van der Waals surface area contributed by atoms with Crippen molar-refractivity contribution in [2.75, 3.05) is 6.61 Å². The molecule has 1 aliphatic carbocycles. The molecule has 0 heterocycles. The Morgan fingerprint density at radius 1 is 1.39 bits per heavy atom. The number of carbonyl (C=O) groups is 1.